The molecule has 21 heavy (non-hydrogen) atoms. The van der Waals surface area contributed by atoms with Gasteiger partial charge in [0, 0.05) is 25.7 Å². The van der Waals surface area contributed by atoms with E-state index < -0.39 is 0 Å². The largest absolute Gasteiger partial charge is 0.369 e. The summed E-state index contributed by atoms with van der Waals surface area (Å²) in [6, 6.07) is 6.69. The summed E-state index contributed by atoms with van der Waals surface area (Å²) in [5, 5.41) is 4.30. The number of amides is 1. The molecule has 0 aromatic heterocycles. The number of hydrogen-bond acceptors (Lipinski definition) is 3. The van der Waals surface area contributed by atoms with Crippen molar-refractivity contribution >= 4 is 23.2 Å². The van der Waals surface area contributed by atoms with Crippen LogP contribution in [-0.4, -0.2) is 25.0 Å². The van der Waals surface area contributed by atoms with E-state index in [1.165, 1.54) is 18.4 Å². The van der Waals surface area contributed by atoms with Crippen molar-refractivity contribution in [1.82, 2.24) is 5.32 Å². The summed E-state index contributed by atoms with van der Waals surface area (Å²) in [6.07, 6.45) is 4.40. The summed E-state index contributed by atoms with van der Waals surface area (Å²) >= 11 is 6.44. The highest BCUT2D eigenvalue weighted by Crippen LogP contribution is 2.33. The summed E-state index contributed by atoms with van der Waals surface area (Å²) in [7, 11) is 0. The average Bonchev–Trinajstić information content (AvgIpc) is 3.29. The second kappa shape index (κ2) is 6.24. The third-order valence-corrected chi connectivity index (χ3v) is 4.67. The number of piperidine rings is 1. The number of primary amides is 1. The van der Waals surface area contributed by atoms with Gasteiger partial charge >= 0.3 is 0 Å². The highest BCUT2D eigenvalue weighted by molar-refractivity contribution is 6.33. The van der Waals surface area contributed by atoms with Crippen LogP contribution < -0.4 is 16.0 Å². The number of anilines is 1. The van der Waals surface area contributed by atoms with Crippen molar-refractivity contribution in [2.45, 2.75) is 38.3 Å². The molecular weight excluding hydrogens is 286 g/mol. The van der Waals surface area contributed by atoms with E-state index in [4.69, 9.17) is 17.3 Å². The van der Waals surface area contributed by atoms with E-state index in [0.29, 0.717) is 12.6 Å². The fourth-order valence-corrected chi connectivity index (χ4v) is 3.32. The van der Waals surface area contributed by atoms with Crippen molar-refractivity contribution in [3.63, 3.8) is 0 Å². The van der Waals surface area contributed by atoms with Crippen LogP contribution in [0, 0.1) is 5.92 Å². The van der Waals surface area contributed by atoms with Crippen LogP contribution in [0.4, 0.5) is 5.69 Å². The predicted octanol–water partition coefficient (Wildman–Crippen LogP) is 2.29. The molecule has 4 nitrogen and oxygen atoms in total. The molecule has 1 unspecified atom stereocenters. The number of benzene rings is 1. The number of carbonyl (C=O) groups is 1. The normalized spacial score (nSPS) is 22.3. The van der Waals surface area contributed by atoms with Crippen LogP contribution in [0.5, 0.6) is 0 Å². The average molecular weight is 308 g/mol. The Bertz CT molecular complexity index is 530. The van der Waals surface area contributed by atoms with Gasteiger partial charge in [-0.1, -0.05) is 23.7 Å². The molecule has 1 saturated carbocycles. The molecule has 1 amide bonds. The zero-order chi connectivity index (χ0) is 14.8. The van der Waals surface area contributed by atoms with Gasteiger partial charge in [-0.05, 0) is 37.3 Å². The predicted molar refractivity (Wildman–Crippen MR) is 85.4 cm³/mol. The van der Waals surface area contributed by atoms with Crippen molar-refractivity contribution < 1.29 is 4.79 Å². The smallest absolute Gasteiger partial charge is 0.222 e. The Morgan fingerprint density at radius 2 is 2.19 bits per heavy atom. The fourth-order valence-electron chi connectivity index (χ4n) is 3.01. The molecule has 0 spiro atoms. The van der Waals surface area contributed by atoms with E-state index in [2.05, 4.69) is 16.3 Å². The summed E-state index contributed by atoms with van der Waals surface area (Å²) in [6.45, 7) is 2.44. The number of para-hydroxylation sites is 1. The first kappa shape index (κ1) is 14.7. The summed E-state index contributed by atoms with van der Waals surface area (Å²) < 4.78 is 0. The molecule has 1 aliphatic heterocycles. The van der Waals surface area contributed by atoms with Gasteiger partial charge < -0.3 is 16.0 Å². The minimum atomic E-state index is -0.204. The summed E-state index contributed by atoms with van der Waals surface area (Å²) in [5.74, 6) is -0.274. The highest BCUT2D eigenvalue weighted by Gasteiger charge is 2.27. The van der Waals surface area contributed by atoms with Crippen molar-refractivity contribution in [3.05, 3.63) is 28.8 Å². The molecule has 2 aliphatic rings. The second-order valence-electron chi connectivity index (χ2n) is 6.09. The van der Waals surface area contributed by atoms with Gasteiger partial charge in [0.25, 0.3) is 0 Å². The van der Waals surface area contributed by atoms with E-state index in [-0.39, 0.29) is 11.8 Å². The monoisotopic (exact) mass is 307 g/mol. The molecule has 2 fully saturated rings. The van der Waals surface area contributed by atoms with E-state index in [0.717, 1.165) is 36.6 Å². The Balaban J connectivity index is 1.79. The minimum Gasteiger partial charge on any atom is -0.369 e. The maximum absolute atomic E-state index is 11.5. The van der Waals surface area contributed by atoms with Crippen LogP contribution in [0.2, 0.25) is 5.02 Å². The number of carbonyl (C=O) groups excluding carboxylic acids is 1. The first-order chi connectivity index (χ1) is 10.1. The van der Waals surface area contributed by atoms with Crippen LogP contribution in [-0.2, 0) is 11.3 Å². The molecule has 0 bridgehead atoms. The number of hydrogen-bond donors (Lipinski definition) is 2. The lowest BCUT2D eigenvalue weighted by Gasteiger charge is -2.35. The van der Waals surface area contributed by atoms with Gasteiger partial charge in [0.1, 0.15) is 0 Å². The molecule has 0 radical (unpaired) electrons. The maximum atomic E-state index is 11.5. The molecule has 1 heterocycles. The first-order valence-corrected chi connectivity index (χ1v) is 8.08. The molecule has 1 aromatic carbocycles. The van der Waals surface area contributed by atoms with Gasteiger partial charge in [0.15, 0.2) is 0 Å². The van der Waals surface area contributed by atoms with Crippen molar-refractivity contribution in [2.75, 3.05) is 18.0 Å². The van der Waals surface area contributed by atoms with Crippen LogP contribution >= 0.6 is 11.6 Å². The number of nitrogens with one attached hydrogen (secondary N) is 1. The van der Waals surface area contributed by atoms with Gasteiger partial charge in [-0.25, -0.2) is 0 Å². The van der Waals surface area contributed by atoms with Gasteiger partial charge in [0.05, 0.1) is 16.6 Å². The summed E-state index contributed by atoms with van der Waals surface area (Å²) in [4.78, 5) is 13.7. The Hall–Kier alpha value is -1.26. The molecule has 5 heteroatoms. The molecule has 1 aliphatic carbocycles. The zero-order valence-corrected chi connectivity index (χ0v) is 12.9. The van der Waals surface area contributed by atoms with Gasteiger partial charge in [-0.2, -0.15) is 0 Å². The Labute approximate surface area is 130 Å². The number of nitrogens with zero attached hydrogens (tertiary/aromatic N) is 1. The van der Waals surface area contributed by atoms with E-state index in [1.807, 2.05) is 12.1 Å². The number of nitrogens with two attached hydrogens (primary N) is 1. The van der Waals surface area contributed by atoms with Crippen LogP contribution in [0.1, 0.15) is 31.2 Å². The minimum absolute atomic E-state index is 0.0701. The van der Waals surface area contributed by atoms with Crippen LogP contribution in [0.25, 0.3) is 0 Å². The number of rotatable bonds is 5. The lowest BCUT2D eigenvalue weighted by atomic mass is 9.96. The molecule has 1 aromatic rings. The van der Waals surface area contributed by atoms with E-state index in [9.17, 15) is 4.79 Å². The van der Waals surface area contributed by atoms with Gasteiger partial charge in [-0.15, -0.1) is 0 Å². The SMILES string of the molecule is NC(=O)C1CCCN(c2c(Cl)cccc2CNC2CC2)C1. The third kappa shape index (κ3) is 3.50. The fraction of sp³-hybridized carbons (Fsp3) is 0.562. The molecule has 114 valence electrons. The molecule has 1 saturated heterocycles. The Morgan fingerprint density at radius 3 is 2.90 bits per heavy atom. The van der Waals surface area contributed by atoms with E-state index >= 15 is 0 Å². The van der Waals surface area contributed by atoms with Gasteiger partial charge in [0.2, 0.25) is 5.91 Å². The molecule has 3 rings (SSSR count). The number of halogens is 1. The standard InChI is InChI=1S/C16H22ClN3O/c17-14-5-1-3-11(9-19-13-6-7-13)15(14)20-8-2-4-12(10-20)16(18)21/h1,3,5,12-13,19H,2,4,6-10H2,(H2,18,21). The van der Waals surface area contributed by atoms with E-state index in [1.54, 1.807) is 0 Å². The van der Waals surface area contributed by atoms with Crippen LogP contribution in [0.3, 0.4) is 0 Å². The lowest BCUT2D eigenvalue weighted by molar-refractivity contribution is -0.122. The van der Waals surface area contributed by atoms with Crippen molar-refractivity contribution in [2.24, 2.45) is 11.7 Å². The maximum Gasteiger partial charge on any atom is 0.222 e. The first-order valence-electron chi connectivity index (χ1n) is 7.70. The quantitative estimate of drug-likeness (QED) is 0.877. The van der Waals surface area contributed by atoms with Crippen LogP contribution in [0.15, 0.2) is 18.2 Å². The topological polar surface area (TPSA) is 58.4 Å². The van der Waals surface area contributed by atoms with Crippen molar-refractivity contribution in [1.29, 1.82) is 0 Å². The van der Waals surface area contributed by atoms with Gasteiger partial charge in [-0.3, -0.25) is 4.79 Å². The highest BCUT2D eigenvalue weighted by atomic mass is 35.5. The Morgan fingerprint density at radius 1 is 1.38 bits per heavy atom. The lowest BCUT2D eigenvalue weighted by Crippen LogP contribution is -2.41. The molecular formula is C16H22ClN3O. The molecule has 1 atom stereocenters. The second-order valence-corrected chi connectivity index (χ2v) is 6.50. The van der Waals surface area contributed by atoms with Crippen molar-refractivity contribution in [3.8, 4) is 0 Å². The Kier molecular flexibility index (Phi) is 4.36. The molecule has 3 N–H and O–H groups in total. The third-order valence-electron chi connectivity index (χ3n) is 4.37. The summed E-state index contributed by atoms with van der Waals surface area (Å²) in [5.41, 5.74) is 7.76. The zero-order valence-electron chi connectivity index (χ0n) is 12.1.